The van der Waals surface area contributed by atoms with E-state index < -0.39 is 17.8 Å². The maximum absolute atomic E-state index is 12.6. The Morgan fingerprint density at radius 2 is 1.76 bits per heavy atom. The predicted molar refractivity (Wildman–Crippen MR) is 138 cm³/mol. The second-order valence-electron chi connectivity index (χ2n) is 7.05. The number of nitrogens with zero attached hydrogens (tertiary/aromatic N) is 1. The van der Waals surface area contributed by atoms with E-state index in [1.807, 2.05) is 13.0 Å². The Morgan fingerprint density at radius 1 is 1.03 bits per heavy atom. The van der Waals surface area contributed by atoms with Crippen molar-refractivity contribution < 1.29 is 19.1 Å². The van der Waals surface area contributed by atoms with Crippen molar-refractivity contribution in [3.05, 3.63) is 96.9 Å². The molecule has 7 nitrogen and oxygen atoms in total. The fourth-order valence-corrected chi connectivity index (χ4v) is 4.25. The molecule has 0 aliphatic heterocycles. The molecule has 0 saturated heterocycles. The van der Waals surface area contributed by atoms with Crippen LogP contribution in [0.2, 0.25) is 5.02 Å². The number of benzene rings is 3. The molecule has 174 valence electrons. The van der Waals surface area contributed by atoms with E-state index in [2.05, 4.69) is 47.7 Å². The second-order valence-corrected chi connectivity index (χ2v) is 9.25. The average Bonchev–Trinajstić information content (AvgIpc) is 2.80. The Kier molecular flexibility index (Phi) is 8.98. The lowest BCUT2D eigenvalue weighted by atomic mass is 10.1. The van der Waals surface area contributed by atoms with Crippen LogP contribution < -0.4 is 15.5 Å². The van der Waals surface area contributed by atoms with Crippen molar-refractivity contribution in [1.29, 1.82) is 0 Å². The summed E-state index contributed by atoms with van der Waals surface area (Å²) in [7, 11) is 0. The molecule has 10 heteroatoms. The van der Waals surface area contributed by atoms with Crippen LogP contribution in [0.4, 0.5) is 0 Å². The van der Waals surface area contributed by atoms with Crippen molar-refractivity contribution in [3.8, 4) is 5.75 Å². The van der Waals surface area contributed by atoms with Crippen LogP contribution in [0.1, 0.15) is 31.8 Å². The first kappa shape index (κ1) is 25.6. The normalized spacial score (nSPS) is 10.7. The summed E-state index contributed by atoms with van der Waals surface area (Å²) in [6.45, 7) is 1.60. The highest BCUT2D eigenvalue weighted by atomic mass is 79.9. The van der Waals surface area contributed by atoms with Crippen LogP contribution in [0, 0.1) is 6.92 Å². The monoisotopic (exact) mass is 605 g/mol. The van der Waals surface area contributed by atoms with Crippen molar-refractivity contribution in [2.45, 2.75) is 6.92 Å². The maximum atomic E-state index is 12.6. The van der Waals surface area contributed by atoms with Crippen LogP contribution in [0.25, 0.3) is 0 Å². The Balaban J connectivity index is 1.64. The fourth-order valence-electron chi connectivity index (χ4n) is 2.78. The summed E-state index contributed by atoms with van der Waals surface area (Å²) in [4.78, 5) is 36.8. The summed E-state index contributed by atoms with van der Waals surface area (Å²) in [5.74, 6) is -1.25. The summed E-state index contributed by atoms with van der Waals surface area (Å²) in [5, 5.41) is 6.91. The average molecular weight is 608 g/mol. The summed E-state index contributed by atoms with van der Waals surface area (Å²) in [6.07, 6.45) is 1.34. The quantitative estimate of drug-likeness (QED) is 0.166. The van der Waals surface area contributed by atoms with Crippen molar-refractivity contribution in [2.24, 2.45) is 5.10 Å². The largest absolute Gasteiger partial charge is 0.421 e. The first-order valence-corrected chi connectivity index (χ1v) is 11.8. The van der Waals surface area contributed by atoms with Crippen LogP contribution in [0.3, 0.4) is 0 Å². The Labute approximate surface area is 217 Å². The topological polar surface area (TPSA) is 96.9 Å². The van der Waals surface area contributed by atoms with Gasteiger partial charge in [0.05, 0.1) is 22.8 Å². The van der Waals surface area contributed by atoms with Gasteiger partial charge in [-0.15, -0.1) is 0 Å². The van der Waals surface area contributed by atoms with Gasteiger partial charge in [-0.25, -0.2) is 10.2 Å². The summed E-state index contributed by atoms with van der Waals surface area (Å²) in [6, 6.07) is 16.7. The summed E-state index contributed by atoms with van der Waals surface area (Å²) in [5.41, 5.74) is 4.47. The third-order valence-electron chi connectivity index (χ3n) is 4.39. The molecule has 0 saturated carbocycles. The van der Waals surface area contributed by atoms with E-state index in [1.54, 1.807) is 54.6 Å². The van der Waals surface area contributed by atoms with Gasteiger partial charge in [0.2, 0.25) is 0 Å². The lowest BCUT2D eigenvalue weighted by Crippen LogP contribution is -2.34. The Morgan fingerprint density at radius 3 is 2.47 bits per heavy atom. The molecule has 0 aliphatic rings. The van der Waals surface area contributed by atoms with Gasteiger partial charge in [-0.3, -0.25) is 9.59 Å². The number of hydrogen-bond donors (Lipinski definition) is 2. The van der Waals surface area contributed by atoms with E-state index in [0.717, 1.165) is 5.56 Å². The molecule has 0 atom stereocenters. The molecular weight excluding hydrogens is 590 g/mol. The smallest absolute Gasteiger partial charge is 0.343 e. The summed E-state index contributed by atoms with van der Waals surface area (Å²) >= 11 is 12.6. The number of carbonyl (C=O) groups is 3. The van der Waals surface area contributed by atoms with Crippen LogP contribution >= 0.6 is 43.5 Å². The van der Waals surface area contributed by atoms with Gasteiger partial charge in [0.15, 0.2) is 5.75 Å². The van der Waals surface area contributed by atoms with Gasteiger partial charge in [-0.1, -0.05) is 45.2 Å². The molecule has 2 amide bonds. The van der Waals surface area contributed by atoms with E-state index >= 15 is 0 Å². The first-order valence-electron chi connectivity index (χ1n) is 9.86. The van der Waals surface area contributed by atoms with Gasteiger partial charge in [-0.2, -0.15) is 5.10 Å². The molecule has 0 spiro atoms. The number of carbonyl (C=O) groups excluding carboxylic acids is 3. The lowest BCUT2D eigenvalue weighted by molar-refractivity contribution is -0.120. The highest BCUT2D eigenvalue weighted by Crippen LogP contribution is 2.32. The molecule has 3 aromatic rings. The van der Waals surface area contributed by atoms with Crippen LogP contribution in [-0.2, 0) is 4.79 Å². The van der Waals surface area contributed by atoms with E-state index in [0.29, 0.717) is 30.7 Å². The summed E-state index contributed by atoms with van der Waals surface area (Å²) < 4.78 is 6.81. The third-order valence-corrected chi connectivity index (χ3v) is 5.69. The molecule has 0 bridgehead atoms. The van der Waals surface area contributed by atoms with Crippen molar-refractivity contribution in [2.75, 3.05) is 6.54 Å². The Hall–Kier alpha value is -3.01. The van der Waals surface area contributed by atoms with Crippen LogP contribution in [0.15, 0.2) is 74.7 Å². The highest BCUT2D eigenvalue weighted by Gasteiger charge is 2.15. The number of esters is 1. The minimum Gasteiger partial charge on any atom is -0.421 e. The molecule has 0 unspecified atom stereocenters. The maximum Gasteiger partial charge on any atom is 0.343 e. The lowest BCUT2D eigenvalue weighted by Gasteiger charge is -2.11. The van der Waals surface area contributed by atoms with Gasteiger partial charge >= 0.3 is 5.97 Å². The second kappa shape index (κ2) is 11.9. The number of nitrogens with one attached hydrogen (secondary N) is 2. The molecule has 3 rings (SSSR count). The predicted octanol–water partition coefficient (Wildman–Crippen LogP) is 5.27. The third kappa shape index (κ3) is 7.24. The number of halogens is 3. The molecule has 0 aliphatic carbocycles. The first-order chi connectivity index (χ1) is 16.2. The van der Waals surface area contributed by atoms with Gasteiger partial charge in [0.1, 0.15) is 0 Å². The number of ether oxygens (including phenoxy) is 1. The van der Waals surface area contributed by atoms with Crippen molar-refractivity contribution in [3.63, 3.8) is 0 Å². The number of aryl methyl sites for hydroxylation is 1. The van der Waals surface area contributed by atoms with E-state index in [1.165, 1.54) is 6.21 Å². The standard InChI is InChI=1S/C24H18Br2ClN3O4/c1-14-3-2-4-16(9-14)24(33)34-22-17(10-18(25)11-20(22)26)12-29-30-21(31)13-28-23(32)15-5-7-19(27)8-6-15/h2-12H,13H2,1H3,(H,28,32)(H,30,31)/b29-12-. The number of hydrazone groups is 1. The molecule has 34 heavy (non-hydrogen) atoms. The van der Waals surface area contributed by atoms with Crippen molar-refractivity contribution >= 4 is 67.5 Å². The number of hydrogen-bond acceptors (Lipinski definition) is 5. The molecule has 0 radical (unpaired) electrons. The molecule has 0 fully saturated rings. The zero-order chi connectivity index (χ0) is 24.7. The van der Waals surface area contributed by atoms with Crippen LogP contribution in [0.5, 0.6) is 5.75 Å². The zero-order valence-electron chi connectivity index (χ0n) is 17.8. The highest BCUT2D eigenvalue weighted by molar-refractivity contribution is 9.11. The number of rotatable bonds is 7. The van der Waals surface area contributed by atoms with Crippen molar-refractivity contribution in [1.82, 2.24) is 10.7 Å². The molecule has 0 heterocycles. The van der Waals surface area contributed by atoms with Gasteiger partial charge < -0.3 is 10.1 Å². The molecule has 2 N–H and O–H groups in total. The minimum atomic E-state index is -0.536. The fraction of sp³-hybridized carbons (Fsp3) is 0.0833. The van der Waals surface area contributed by atoms with Gasteiger partial charge in [0.25, 0.3) is 11.8 Å². The minimum absolute atomic E-state index is 0.240. The zero-order valence-corrected chi connectivity index (χ0v) is 21.7. The molecule has 0 aromatic heterocycles. The van der Waals surface area contributed by atoms with E-state index in [4.69, 9.17) is 16.3 Å². The van der Waals surface area contributed by atoms with Gasteiger partial charge in [0, 0.05) is 20.6 Å². The molecule has 3 aromatic carbocycles. The SMILES string of the molecule is Cc1cccc(C(=O)Oc2c(Br)cc(Br)cc2/C=N\NC(=O)CNC(=O)c2ccc(Cl)cc2)c1. The number of amides is 2. The van der Waals surface area contributed by atoms with Gasteiger partial charge in [-0.05, 0) is 71.4 Å². The van der Waals surface area contributed by atoms with E-state index in [-0.39, 0.29) is 12.3 Å². The van der Waals surface area contributed by atoms with E-state index in [9.17, 15) is 14.4 Å². The molecular formula is C24H18Br2ClN3O4. The Bertz CT molecular complexity index is 1260. The van der Waals surface area contributed by atoms with Crippen LogP contribution in [-0.4, -0.2) is 30.5 Å².